The summed E-state index contributed by atoms with van der Waals surface area (Å²) in [5, 5.41) is 10.1. The molecule has 10 heteroatoms. The van der Waals surface area contributed by atoms with Gasteiger partial charge in [-0.25, -0.2) is 0 Å². The van der Waals surface area contributed by atoms with E-state index in [-0.39, 0.29) is 17.5 Å². The third-order valence-corrected chi connectivity index (χ3v) is 6.12. The van der Waals surface area contributed by atoms with Gasteiger partial charge in [0.1, 0.15) is 18.3 Å². The van der Waals surface area contributed by atoms with Crippen LogP contribution in [0.1, 0.15) is 25.0 Å². The Morgan fingerprint density at radius 2 is 1.73 bits per heavy atom. The number of benzene rings is 2. The molecule has 0 spiro atoms. The van der Waals surface area contributed by atoms with Gasteiger partial charge in [-0.1, -0.05) is 48.0 Å². The zero-order chi connectivity index (χ0) is 24.2. The summed E-state index contributed by atoms with van der Waals surface area (Å²) in [6.45, 7) is 6.01. The molecule has 9 nitrogen and oxygen atoms in total. The topological polar surface area (TPSA) is 138 Å². The number of rotatable bonds is 6. The fraction of sp³-hybridized carbons (Fsp3) is 0.478. The molecular weight excluding hydrogens is 450 g/mol. The van der Waals surface area contributed by atoms with Crippen LogP contribution in [0.2, 0.25) is 0 Å². The highest BCUT2D eigenvalue weighted by Crippen LogP contribution is 2.39. The third-order valence-electron chi connectivity index (χ3n) is 5.25. The molecule has 5 atom stereocenters. The van der Waals surface area contributed by atoms with Crippen LogP contribution in [-0.4, -0.2) is 61.1 Å². The maximum Gasteiger partial charge on any atom is 0.294 e. The van der Waals surface area contributed by atoms with Crippen molar-refractivity contribution in [2.24, 2.45) is 5.73 Å². The Bertz CT molecular complexity index is 997. The van der Waals surface area contributed by atoms with Crippen LogP contribution in [0.4, 0.5) is 0 Å². The first-order valence-electron chi connectivity index (χ1n) is 10.6. The van der Waals surface area contributed by atoms with Crippen molar-refractivity contribution in [2.75, 3.05) is 6.54 Å². The van der Waals surface area contributed by atoms with Crippen LogP contribution in [0.5, 0.6) is 0 Å². The Labute approximate surface area is 194 Å². The molecule has 0 saturated carbocycles. The van der Waals surface area contributed by atoms with E-state index >= 15 is 0 Å². The molecule has 33 heavy (non-hydrogen) atoms. The Balaban J connectivity index is 0.000000235. The first kappa shape index (κ1) is 25.7. The fourth-order valence-corrected chi connectivity index (χ4v) is 4.09. The molecule has 2 aromatic rings. The predicted molar refractivity (Wildman–Crippen MR) is 120 cm³/mol. The third kappa shape index (κ3) is 6.81. The molecule has 2 aromatic carbocycles. The number of aliphatic hydroxyl groups is 1. The Morgan fingerprint density at radius 1 is 1.09 bits per heavy atom. The van der Waals surface area contributed by atoms with E-state index in [1.165, 1.54) is 12.1 Å². The molecule has 0 radical (unpaired) electrons. The lowest BCUT2D eigenvalue weighted by atomic mass is 10.1. The van der Waals surface area contributed by atoms with Gasteiger partial charge in [0.05, 0.1) is 17.6 Å². The van der Waals surface area contributed by atoms with E-state index in [9.17, 15) is 13.5 Å². The molecule has 0 aromatic heterocycles. The van der Waals surface area contributed by atoms with Crippen molar-refractivity contribution in [3.05, 3.63) is 65.7 Å². The lowest BCUT2D eigenvalue weighted by Gasteiger charge is -2.28. The van der Waals surface area contributed by atoms with Gasteiger partial charge in [-0.2, -0.15) is 8.42 Å². The van der Waals surface area contributed by atoms with Gasteiger partial charge in [-0.3, -0.25) is 4.55 Å². The molecule has 0 aliphatic carbocycles. The van der Waals surface area contributed by atoms with E-state index in [1.807, 2.05) is 51.1 Å². The summed E-state index contributed by atoms with van der Waals surface area (Å²) in [5.74, 6) is -0.720. The molecule has 182 valence electrons. The van der Waals surface area contributed by atoms with Crippen molar-refractivity contribution in [3.63, 3.8) is 0 Å². The number of aryl methyl sites for hydroxylation is 1. The molecular formula is C23H31NO8S. The Morgan fingerprint density at radius 3 is 2.30 bits per heavy atom. The summed E-state index contributed by atoms with van der Waals surface area (Å²) in [4.78, 5) is -0.0666. The van der Waals surface area contributed by atoms with Gasteiger partial charge in [-0.05, 0) is 38.5 Å². The smallest absolute Gasteiger partial charge is 0.294 e. The minimum absolute atomic E-state index is 0.0666. The second kappa shape index (κ2) is 10.6. The van der Waals surface area contributed by atoms with Gasteiger partial charge in [0.15, 0.2) is 12.1 Å². The summed E-state index contributed by atoms with van der Waals surface area (Å²) in [7, 11) is -4.02. The number of ether oxygens (including phenoxy) is 4. The van der Waals surface area contributed by atoms with Crippen molar-refractivity contribution in [3.8, 4) is 0 Å². The molecule has 0 unspecified atom stereocenters. The molecule has 2 fully saturated rings. The van der Waals surface area contributed by atoms with Crippen LogP contribution < -0.4 is 5.73 Å². The lowest BCUT2D eigenvalue weighted by Crippen LogP contribution is -2.45. The van der Waals surface area contributed by atoms with E-state index in [4.69, 9.17) is 29.2 Å². The van der Waals surface area contributed by atoms with Gasteiger partial charge >= 0.3 is 0 Å². The van der Waals surface area contributed by atoms with Gasteiger partial charge in [-0.15, -0.1) is 0 Å². The number of aliphatic hydroxyl groups excluding tert-OH is 1. The largest absolute Gasteiger partial charge is 0.389 e. The van der Waals surface area contributed by atoms with Gasteiger partial charge in [0.25, 0.3) is 10.1 Å². The molecule has 0 bridgehead atoms. The second-order valence-corrected chi connectivity index (χ2v) is 9.84. The van der Waals surface area contributed by atoms with Crippen LogP contribution in [0.15, 0.2) is 59.5 Å². The van der Waals surface area contributed by atoms with Crippen molar-refractivity contribution < 1.29 is 37.0 Å². The summed E-state index contributed by atoms with van der Waals surface area (Å²) in [6, 6.07) is 15.8. The second-order valence-electron chi connectivity index (χ2n) is 8.42. The van der Waals surface area contributed by atoms with Crippen molar-refractivity contribution in [2.45, 2.75) is 68.8 Å². The normalized spacial score (nSPS) is 26.8. The molecule has 2 saturated heterocycles. The minimum Gasteiger partial charge on any atom is -0.389 e. The maximum atomic E-state index is 10.5. The predicted octanol–water partition coefficient (Wildman–Crippen LogP) is 2.01. The molecule has 2 heterocycles. The van der Waals surface area contributed by atoms with E-state index in [2.05, 4.69) is 0 Å². The maximum absolute atomic E-state index is 10.5. The molecule has 4 N–H and O–H groups in total. The van der Waals surface area contributed by atoms with E-state index in [0.717, 1.165) is 11.1 Å². The summed E-state index contributed by atoms with van der Waals surface area (Å²) < 4.78 is 52.9. The SMILES string of the molecule is CC1(C)O[C@H]2O[C@H]([C@H](O)CN)[C@H](OCc3ccccc3)[C@H]2O1.Cc1ccc(S(=O)(=O)O)cc1. The lowest BCUT2D eigenvalue weighted by molar-refractivity contribution is -0.229. The first-order chi connectivity index (χ1) is 15.5. The van der Waals surface area contributed by atoms with E-state index in [0.29, 0.717) is 6.61 Å². The van der Waals surface area contributed by atoms with Gasteiger partial charge in [0, 0.05) is 6.54 Å². The highest BCUT2D eigenvalue weighted by Gasteiger charge is 2.56. The molecule has 4 rings (SSSR count). The molecule has 2 aliphatic rings. The van der Waals surface area contributed by atoms with Crippen LogP contribution in [-0.2, 0) is 35.7 Å². The number of fused-ring (bicyclic) bond motifs is 1. The number of hydrogen-bond donors (Lipinski definition) is 3. The van der Waals surface area contributed by atoms with Gasteiger partial charge < -0.3 is 29.8 Å². The van der Waals surface area contributed by atoms with Crippen LogP contribution in [0.25, 0.3) is 0 Å². The number of nitrogens with two attached hydrogens (primary N) is 1. The highest BCUT2D eigenvalue weighted by atomic mass is 32.2. The number of hydrogen-bond acceptors (Lipinski definition) is 8. The Hall–Kier alpha value is -1.89. The summed E-state index contributed by atoms with van der Waals surface area (Å²) >= 11 is 0. The monoisotopic (exact) mass is 481 g/mol. The van der Waals surface area contributed by atoms with Gasteiger partial charge in [0.2, 0.25) is 0 Å². The van der Waals surface area contributed by atoms with Crippen molar-refractivity contribution in [1.29, 1.82) is 0 Å². The van der Waals surface area contributed by atoms with Crippen LogP contribution in [0, 0.1) is 6.92 Å². The van der Waals surface area contributed by atoms with E-state index in [1.54, 1.807) is 12.1 Å². The van der Waals surface area contributed by atoms with Crippen LogP contribution in [0.3, 0.4) is 0 Å². The average molecular weight is 482 g/mol. The Kier molecular flexibility index (Phi) is 8.25. The zero-order valence-corrected chi connectivity index (χ0v) is 19.6. The minimum atomic E-state index is -4.02. The van der Waals surface area contributed by atoms with Crippen molar-refractivity contribution in [1.82, 2.24) is 0 Å². The average Bonchev–Trinajstić information content (AvgIpc) is 3.24. The zero-order valence-electron chi connectivity index (χ0n) is 18.8. The van der Waals surface area contributed by atoms with Crippen molar-refractivity contribution >= 4 is 10.1 Å². The summed E-state index contributed by atoms with van der Waals surface area (Å²) in [6.07, 6.45) is -2.71. The van der Waals surface area contributed by atoms with Crippen LogP contribution >= 0.6 is 0 Å². The first-order valence-corrected chi connectivity index (χ1v) is 12.0. The molecule has 2 aliphatic heterocycles. The fourth-order valence-electron chi connectivity index (χ4n) is 3.61. The summed E-state index contributed by atoms with van der Waals surface area (Å²) in [5.41, 5.74) is 7.56. The molecule has 0 amide bonds. The highest BCUT2D eigenvalue weighted by molar-refractivity contribution is 7.85. The van der Waals surface area contributed by atoms with E-state index < -0.39 is 40.5 Å². The quantitative estimate of drug-likeness (QED) is 0.529. The standard InChI is InChI=1S/C16H23NO5.C7H8O3S/c1-16(2)21-14-13(19-9-10-6-4-3-5-7-10)12(11(18)8-17)20-15(14)22-16;1-6-2-4-7(5-3-6)11(8,9)10/h3-7,11-15,18H,8-9,17H2,1-2H3;2-5H,1H3,(H,8,9,10)/t11-,12-,13+,14-,15-;/m1./s1.